The van der Waals surface area contributed by atoms with Crippen molar-refractivity contribution in [1.82, 2.24) is 10.3 Å². The summed E-state index contributed by atoms with van der Waals surface area (Å²) in [6, 6.07) is 3.98. The molecule has 0 bridgehead atoms. The van der Waals surface area contributed by atoms with Gasteiger partial charge >= 0.3 is 5.97 Å². The summed E-state index contributed by atoms with van der Waals surface area (Å²) in [7, 11) is 0. The third-order valence-electron chi connectivity index (χ3n) is 5.20. The lowest BCUT2D eigenvalue weighted by Gasteiger charge is -2.51. The number of carbonyl (C=O) groups excluding carboxylic acids is 1. The zero-order valence-electron chi connectivity index (χ0n) is 15.2. The molecule has 1 saturated heterocycles. The van der Waals surface area contributed by atoms with Gasteiger partial charge < -0.3 is 14.8 Å². The monoisotopic (exact) mass is 410 g/mol. The van der Waals surface area contributed by atoms with Crippen LogP contribution in [-0.4, -0.2) is 36.3 Å². The van der Waals surface area contributed by atoms with Gasteiger partial charge in [-0.1, -0.05) is 0 Å². The van der Waals surface area contributed by atoms with Crippen molar-refractivity contribution in [2.75, 3.05) is 19.7 Å². The molecular formula is C19H27BrN2O3. The number of hydrogen-bond acceptors (Lipinski definition) is 5. The summed E-state index contributed by atoms with van der Waals surface area (Å²) in [5, 5.41) is 3.39. The zero-order valence-corrected chi connectivity index (χ0v) is 16.8. The van der Waals surface area contributed by atoms with Crippen LogP contribution in [0.2, 0.25) is 0 Å². The van der Waals surface area contributed by atoms with Crippen LogP contribution in [0.5, 0.6) is 0 Å². The number of halogens is 1. The molecule has 0 aromatic carbocycles. The molecule has 6 heteroatoms. The largest absolute Gasteiger partial charge is 0.458 e. The van der Waals surface area contributed by atoms with E-state index in [1.807, 2.05) is 32.9 Å². The summed E-state index contributed by atoms with van der Waals surface area (Å²) in [4.78, 5) is 16.7. The first-order chi connectivity index (χ1) is 11.7. The lowest BCUT2D eigenvalue weighted by Crippen LogP contribution is -2.57. The summed E-state index contributed by atoms with van der Waals surface area (Å²) in [5.74, 6) is -0.324. The van der Waals surface area contributed by atoms with Crippen molar-refractivity contribution in [3.05, 3.63) is 28.5 Å². The van der Waals surface area contributed by atoms with E-state index >= 15 is 0 Å². The molecule has 1 aliphatic heterocycles. The fourth-order valence-electron chi connectivity index (χ4n) is 3.70. The van der Waals surface area contributed by atoms with Gasteiger partial charge in [-0.3, -0.25) is 4.98 Å². The van der Waals surface area contributed by atoms with Gasteiger partial charge in [0.15, 0.2) is 0 Å². The van der Waals surface area contributed by atoms with Gasteiger partial charge in [-0.25, -0.2) is 4.79 Å². The Labute approximate surface area is 158 Å². The maximum Gasteiger partial charge on any atom is 0.332 e. The highest BCUT2D eigenvalue weighted by Gasteiger charge is 2.48. The minimum absolute atomic E-state index is 0.0414. The lowest BCUT2D eigenvalue weighted by atomic mass is 9.64. The van der Waals surface area contributed by atoms with Crippen molar-refractivity contribution in [3.63, 3.8) is 0 Å². The topological polar surface area (TPSA) is 60.5 Å². The van der Waals surface area contributed by atoms with Crippen LogP contribution in [-0.2, 0) is 19.9 Å². The SMILES string of the molecule is CC(C)(C)OC(=O)COC1(c2ccc(Br)cn2)CCC2(CC1)CNC2. The molecule has 0 amide bonds. The molecule has 1 aromatic rings. The fraction of sp³-hybridized carbons (Fsp3) is 0.684. The molecule has 0 unspecified atom stereocenters. The Morgan fingerprint density at radius 3 is 2.40 bits per heavy atom. The van der Waals surface area contributed by atoms with E-state index in [0.29, 0.717) is 5.41 Å². The van der Waals surface area contributed by atoms with Crippen LogP contribution in [0.3, 0.4) is 0 Å². The molecular weight excluding hydrogens is 384 g/mol. The van der Waals surface area contributed by atoms with E-state index in [1.54, 1.807) is 6.20 Å². The van der Waals surface area contributed by atoms with E-state index in [-0.39, 0.29) is 12.6 Å². The summed E-state index contributed by atoms with van der Waals surface area (Å²) in [6.07, 6.45) is 5.74. The molecule has 5 nitrogen and oxygen atoms in total. The number of nitrogens with one attached hydrogen (secondary N) is 1. The second-order valence-electron chi connectivity index (χ2n) is 8.33. The third-order valence-corrected chi connectivity index (χ3v) is 5.67. The van der Waals surface area contributed by atoms with Crippen LogP contribution >= 0.6 is 15.9 Å². The zero-order chi connectivity index (χ0) is 18.1. The fourth-order valence-corrected chi connectivity index (χ4v) is 3.94. The Morgan fingerprint density at radius 2 is 1.92 bits per heavy atom. The van der Waals surface area contributed by atoms with Crippen LogP contribution in [0.4, 0.5) is 0 Å². The van der Waals surface area contributed by atoms with Gasteiger partial charge in [0, 0.05) is 23.8 Å². The summed E-state index contributed by atoms with van der Waals surface area (Å²) in [5.41, 5.74) is 0.311. The highest BCUT2D eigenvalue weighted by atomic mass is 79.9. The minimum atomic E-state index is -0.502. The van der Waals surface area contributed by atoms with E-state index in [1.165, 1.54) is 0 Å². The van der Waals surface area contributed by atoms with Crippen molar-refractivity contribution >= 4 is 21.9 Å². The molecule has 25 heavy (non-hydrogen) atoms. The molecule has 0 radical (unpaired) electrons. The second-order valence-corrected chi connectivity index (χ2v) is 9.25. The van der Waals surface area contributed by atoms with Crippen molar-refractivity contribution in [3.8, 4) is 0 Å². The number of aromatic nitrogens is 1. The Balaban J connectivity index is 1.73. The number of hydrogen-bond donors (Lipinski definition) is 1. The number of carbonyl (C=O) groups is 1. The molecule has 1 aliphatic carbocycles. The van der Waals surface area contributed by atoms with E-state index in [9.17, 15) is 4.79 Å². The maximum absolute atomic E-state index is 12.1. The number of pyridine rings is 1. The standard InChI is InChI=1S/C19H27BrN2O3/c1-17(2,3)25-16(23)11-24-19(15-5-4-14(20)10-22-15)8-6-18(7-9-19)12-21-13-18/h4-5,10,21H,6-9,11-13H2,1-3H3. The normalized spacial score (nSPS) is 21.6. The van der Waals surface area contributed by atoms with Gasteiger partial charge in [0.25, 0.3) is 0 Å². The molecule has 2 heterocycles. The molecule has 1 spiro atoms. The summed E-state index contributed by atoms with van der Waals surface area (Å²) in [6.45, 7) is 7.73. The predicted octanol–water partition coefficient (Wildman–Crippen LogP) is 3.56. The predicted molar refractivity (Wildman–Crippen MR) is 99.2 cm³/mol. The molecule has 138 valence electrons. The lowest BCUT2D eigenvalue weighted by molar-refractivity contribution is -0.173. The molecule has 0 atom stereocenters. The molecule has 3 rings (SSSR count). The summed E-state index contributed by atoms with van der Waals surface area (Å²) >= 11 is 3.44. The van der Waals surface area contributed by atoms with Gasteiger partial charge in [0.2, 0.25) is 0 Å². The van der Waals surface area contributed by atoms with E-state index in [4.69, 9.17) is 9.47 Å². The number of esters is 1. The first-order valence-corrected chi connectivity index (χ1v) is 9.70. The molecule has 2 aliphatic rings. The average molecular weight is 411 g/mol. The van der Waals surface area contributed by atoms with Gasteiger partial charge in [-0.15, -0.1) is 0 Å². The number of rotatable bonds is 4. The maximum atomic E-state index is 12.1. The van der Waals surface area contributed by atoms with Gasteiger partial charge in [0.05, 0.1) is 5.69 Å². The van der Waals surface area contributed by atoms with Gasteiger partial charge in [-0.2, -0.15) is 0 Å². The van der Waals surface area contributed by atoms with E-state index in [0.717, 1.165) is 48.9 Å². The first-order valence-electron chi connectivity index (χ1n) is 8.91. The Kier molecular flexibility index (Phi) is 5.24. The minimum Gasteiger partial charge on any atom is -0.458 e. The number of nitrogens with zero attached hydrogens (tertiary/aromatic N) is 1. The Morgan fingerprint density at radius 1 is 1.24 bits per heavy atom. The highest BCUT2D eigenvalue weighted by Crippen LogP contribution is 2.49. The molecule has 1 aromatic heterocycles. The quantitative estimate of drug-likeness (QED) is 0.768. The van der Waals surface area contributed by atoms with Crippen LogP contribution < -0.4 is 5.32 Å². The Hall–Kier alpha value is -0.980. The van der Waals surface area contributed by atoms with Gasteiger partial charge in [0.1, 0.15) is 17.8 Å². The van der Waals surface area contributed by atoms with Crippen molar-refractivity contribution in [1.29, 1.82) is 0 Å². The smallest absolute Gasteiger partial charge is 0.332 e. The van der Waals surface area contributed by atoms with Crippen molar-refractivity contribution < 1.29 is 14.3 Å². The average Bonchev–Trinajstić information content (AvgIpc) is 2.51. The first kappa shape index (κ1) is 18.8. The molecule has 1 saturated carbocycles. The Bertz CT molecular complexity index is 611. The highest BCUT2D eigenvalue weighted by molar-refractivity contribution is 9.10. The van der Waals surface area contributed by atoms with Crippen LogP contribution in [0.25, 0.3) is 0 Å². The summed E-state index contributed by atoms with van der Waals surface area (Å²) < 4.78 is 12.5. The van der Waals surface area contributed by atoms with E-state index in [2.05, 4.69) is 26.2 Å². The van der Waals surface area contributed by atoms with E-state index < -0.39 is 11.2 Å². The van der Waals surface area contributed by atoms with Crippen LogP contribution in [0.1, 0.15) is 52.1 Å². The van der Waals surface area contributed by atoms with Gasteiger partial charge in [-0.05, 0) is 79.9 Å². The molecule has 1 N–H and O–H groups in total. The van der Waals surface area contributed by atoms with Crippen LogP contribution in [0.15, 0.2) is 22.8 Å². The molecule has 2 fully saturated rings. The van der Waals surface area contributed by atoms with Crippen molar-refractivity contribution in [2.24, 2.45) is 5.41 Å². The van der Waals surface area contributed by atoms with Crippen molar-refractivity contribution in [2.45, 2.75) is 57.7 Å². The third kappa shape index (κ3) is 4.41. The van der Waals surface area contributed by atoms with Crippen LogP contribution in [0, 0.1) is 5.41 Å². The second kappa shape index (κ2) is 6.97. The number of ether oxygens (including phenoxy) is 2.